The molecule has 0 aliphatic heterocycles. The third-order valence-corrected chi connectivity index (χ3v) is 2.34. The molecule has 0 atom stereocenters. The number of nitrogen functional groups attached to an aromatic ring is 1. The molecule has 0 aliphatic carbocycles. The van der Waals surface area contributed by atoms with Gasteiger partial charge in [0.15, 0.2) is 0 Å². The number of hydrogen-bond donors (Lipinski definition) is 1. The average Bonchev–Trinajstić information content (AvgIpc) is 2.30. The number of nitrogens with zero attached hydrogens (tertiary/aromatic N) is 1. The molecule has 88 valence electrons. The molecule has 2 rings (SSSR count). The van der Waals surface area contributed by atoms with Gasteiger partial charge in [0.2, 0.25) is 5.88 Å². The zero-order valence-corrected chi connectivity index (χ0v) is 9.48. The minimum Gasteiger partial charge on any atom is -0.471 e. The highest BCUT2D eigenvalue weighted by Gasteiger charge is 2.05. The third kappa shape index (κ3) is 2.72. The van der Waals surface area contributed by atoms with Gasteiger partial charge >= 0.3 is 0 Å². The summed E-state index contributed by atoms with van der Waals surface area (Å²) < 4.78 is 18.7. The van der Waals surface area contributed by atoms with Crippen LogP contribution >= 0.6 is 0 Å². The van der Waals surface area contributed by atoms with E-state index < -0.39 is 0 Å². The summed E-state index contributed by atoms with van der Waals surface area (Å²) in [5.74, 6) is 0.0389. The highest BCUT2D eigenvalue weighted by Crippen LogP contribution is 2.20. The van der Waals surface area contributed by atoms with E-state index in [0.717, 1.165) is 5.56 Å². The monoisotopic (exact) mass is 232 g/mol. The van der Waals surface area contributed by atoms with Crippen molar-refractivity contribution in [2.45, 2.75) is 13.5 Å². The first-order valence-electron chi connectivity index (χ1n) is 5.25. The first kappa shape index (κ1) is 11.4. The maximum Gasteiger partial charge on any atom is 0.237 e. The molecule has 1 aromatic carbocycles. The summed E-state index contributed by atoms with van der Waals surface area (Å²) in [6, 6.07) is 8.22. The molecule has 0 bridgehead atoms. The van der Waals surface area contributed by atoms with Gasteiger partial charge in [-0.15, -0.1) is 0 Å². The van der Waals surface area contributed by atoms with Crippen LogP contribution in [0.25, 0.3) is 0 Å². The number of nitrogens with two attached hydrogens (primary N) is 1. The van der Waals surface area contributed by atoms with Crippen LogP contribution < -0.4 is 10.5 Å². The number of halogens is 1. The lowest BCUT2D eigenvalue weighted by atomic mass is 10.2. The van der Waals surface area contributed by atoms with E-state index >= 15 is 0 Å². The van der Waals surface area contributed by atoms with Crippen LogP contribution in [0.4, 0.5) is 10.1 Å². The van der Waals surface area contributed by atoms with E-state index in [1.807, 2.05) is 6.92 Å². The van der Waals surface area contributed by atoms with E-state index in [0.29, 0.717) is 17.1 Å². The SMILES string of the molecule is Cc1cnc(OCc2ccccc2F)c(N)c1. The maximum atomic E-state index is 13.3. The third-order valence-electron chi connectivity index (χ3n) is 2.34. The van der Waals surface area contributed by atoms with Crippen LogP contribution in [-0.2, 0) is 6.61 Å². The highest BCUT2D eigenvalue weighted by molar-refractivity contribution is 5.49. The van der Waals surface area contributed by atoms with Crippen LogP contribution in [0.15, 0.2) is 36.5 Å². The highest BCUT2D eigenvalue weighted by atomic mass is 19.1. The molecule has 2 N–H and O–H groups in total. The van der Waals surface area contributed by atoms with Gasteiger partial charge in [0.1, 0.15) is 12.4 Å². The van der Waals surface area contributed by atoms with E-state index in [1.165, 1.54) is 6.07 Å². The van der Waals surface area contributed by atoms with E-state index in [1.54, 1.807) is 30.5 Å². The molecule has 0 unspecified atom stereocenters. The predicted molar refractivity (Wildman–Crippen MR) is 64.1 cm³/mol. The zero-order chi connectivity index (χ0) is 12.3. The number of benzene rings is 1. The fourth-order valence-electron chi connectivity index (χ4n) is 1.46. The van der Waals surface area contributed by atoms with Crippen molar-refractivity contribution in [2.75, 3.05) is 5.73 Å². The average molecular weight is 232 g/mol. The van der Waals surface area contributed by atoms with Crippen molar-refractivity contribution in [2.24, 2.45) is 0 Å². The lowest BCUT2D eigenvalue weighted by molar-refractivity contribution is 0.290. The minimum atomic E-state index is -0.293. The first-order chi connectivity index (χ1) is 8.16. The molecule has 0 aliphatic rings. The van der Waals surface area contributed by atoms with E-state index in [9.17, 15) is 4.39 Å². The largest absolute Gasteiger partial charge is 0.471 e. The smallest absolute Gasteiger partial charge is 0.237 e. The molecule has 0 saturated carbocycles. The van der Waals surface area contributed by atoms with Crippen molar-refractivity contribution >= 4 is 5.69 Å². The van der Waals surface area contributed by atoms with Crippen molar-refractivity contribution in [3.63, 3.8) is 0 Å². The fourth-order valence-corrected chi connectivity index (χ4v) is 1.46. The Bertz CT molecular complexity index is 529. The number of anilines is 1. The van der Waals surface area contributed by atoms with Gasteiger partial charge in [-0.05, 0) is 24.6 Å². The molecule has 2 aromatic rings. The Morgan fingerprint density at radius 1 is 1.35 bits per heavy atom. The normalized spacial score (nSPS) is 10.2. The minimum absolute atomic E-state index is 0.118. The van der Waals surface area contributed by atoms with Gasteiger partial charge in [-0.1, -0.05) is 18.2 Å². The molecule has 1 aromatic heterocycles. The number of rotatable bonds is 3. The van der Waals surface area contributed by atoms with Crippen LogP contribution in [-0.4, -0.2) is 4.98 Å². The summed E-state index contributed by atoms with van der Waals surface area (Å²) in [5.41, 5.74) is 7.64. The standard InChI is InChI=1S/C13H13FN2O/c1-9-6-12(15)13(16-7-9)17-8-10-4-2-3-5-11(10)14/h2-7H,8,15H2,1H3. The molecule has 3 nitrogen and oxygen atoms in total. The summed E-state index contributed by atoms with van der Waals surface area (Å²) in [6.45, 7) is 2.01. The van der Waals surface area contributed by atoms with Crippen LogP contribution in [0.3, 0.4) is 0 Å². The van der Waals surface area contributed by atoms with Gasteiger partial charge in [0, 0.05) is 11.8 Å². The second-order valence-electron chi connectivity index (χ2n) is 3.79. The van der Waals surface area contributed by atoms with Crippen molar-refractivity contribution in [1.82, 2.24) is 4.98 Å². The summed E-state index contributed by atoms with van der Waals surface area (Å²) in [7, 11) is 0. The van der Waals surface area contributed by atoms with Crippen LogP contribution in [0.5, 0.6) is 5.88 Å². The molecule has 4 heteroatoms. The topological polar surface area (TPSA) is 48.1 Å². The Labute approximate surface area is 99.1 Å². The summed E-state index contributed by atoms with van der Waals surface area (Å²) in [6.07, 6.45) is 1.66. The lowest BCUT2D eigenvalue weighted by Crippen LogP contribution is -2.02. The Kier molecular flexibility index (Phi) is 3.23. The number of aryl methyl sites for hydroxylation is 1. The van der Waals surface area contributed by atoms with Gasteiger partial charge < -0.3 is 10.5 Å². The van der Waals surface area contributed by atoms with Gasteiger partial charge in [-0.3, -0.25) is 0 Å². The van der Waals surface area contributed by atoms with Crippen molar-refractivity contribution in [3.05, 3.63) is 53.5 Å². The summed E-state index contributed by atoms with van der Waals surface area (Å²) in [5, 5.41) is 0. The van der Waals surface area contributed by atoms with Gasteiger partial charge in [-0.25, -0.2) is 9.37 Å². The fraction of sp³-hybridized carbons (Fsp3) is 0.154. The first-order valence-corrected chi connectivity index (χ1v) is 5.25. The number of aromatic nitrogens is 1. The van der Waals surface area contributed by atoms with Crippen LogP contribution in [0, 0.1) is 12.7 Å². The maximum absolute atomic E-state index is 13.3. The molecule has 0 saturated heterocycles. The Hall–Kier alpha value is -2.10. The van der Waals surface area contributed by atoms with E-state index in [4.69, 9.17) is 10.5 Å². The van der Waals surface area contributed by atoms with Crippen LogP contribution in [0.1, 0.15) is 11.1 Å². The second-order valence-corrected chi connectivity index (χ2v) is 3.79. The summed E-state index contributed by atoms with van der Waals surface area (Å²) >= 11 is 0. The Morgan fingerprint density at radius 3 is 2.82 bits per heavy atom. The number of pyridine rings is 1. The van der Waals surface area contributed by atoms with Crippen molar-refractivity contribution in [3.8, 4) is 5.88 Å². The number of hydrogen-bond acceptors (Lipinski definition) is 3. The molecule has 1 heterocycles. The van der Waals surface area contributed by atoms with E-state index in [-0.39, 0.29) is 12.4 Å². The summed E-state index contributed by atoms with van der Waals surface area (Å²) in [4.78, 5) is 4.05. The van der Waals surface area contributed by atoms with Gasteiger partial charge in [0.05, 0.1) is 5.69 Å². The molecular weight excluding hydrogens is 219 g/mol. The molecule has 0 amide bonds. The second kappa shape index (κ2) is 4.82. The molecule has 0 radical (unpaired) electrons. The van der Waals surface area contributed by atoms with Crippen LogP contribution in [0.2, 0.25) is 0 Å². The Morgan fingerprint density at radius 2 is 2.12 bits per heavy atom. The Balaban J connectivity index is 2.10. The quantitative estimate of drug-likeness (QED) is 0.885. The molecule has 0 fully saturated rings. The van der Waals surface area contributed by atoms with E-state index in [2.05, 4.69) is 4.98 Å². The lowest BCUT2D eigenvalue weighted by Gasteiger charge is -2.08. The predicted octanol–water partition coefficient (Wildman–Crippen LogP) is 2.69. The van der Waals surface area contributed by atoms with Gasteiger partial charge in [0.25, 0.3) is 0 Å². The van der Waals surface area contributed by atoms with Crippen molar-refractivity contribution in [1.29, 1.82) is 0 Å². The molecular formula is C13H13FN2O. The van der Waals surface area contributed by atoms with Crippen molar-refractivity contribution < 1.29 is 9.13 Å². The zero-order valence-electron chi connectivity index (χ0n) is 9.48. The molecule has 0 spiro atoms. The number of ether oxygens (including phenoxy) is 1. The van der Waals surface area contributed by atoms with Gasteiger partial charge in [-0.2, -0.15) is 0 Å². The molecule has 17 heavy (non-hydrogen) atoms.